The van der Waals surface area contributed by atoms with E-state index in [0.29, 0.717) is 5.56 Å². The summed E-state index contributed by atoms with van der Waals surface area (Å²) in [6.07, 6.45) is 0.0123. The van der Waals surface area contributed by atoms with Crippen molar-refractivity contribution in [3.8, 4) is 5.75 Å². The summed E-state index contributed by atoms with van der Waals surface area (Å²) in [6, 6.07) is 4.63. The van der Waals surface area contributed by atoms with Gasteiger partial charge in [-0.1, -0.05) is 17.3 Å². The monoisotopic (exact) mass is 474 g/mol. The molecule has 0 saturated carbocycles. The van der Waals surface area contributed by atoms with Gasteiger partial charge in [-0.3, -0.25) is 9.59 Å². The number of carboxylic acid groups (broad SMARTS) is 1. The van der Waals surface area contributed by atoms with Gasteiger partial charge in [0.25, 0.3) is 5.91 Å². The highest BCUT2D eigenvalue weighted by Gasteiger charge is 2.39. The number of hydrogen-bond donors (Lipinski definition) is 4. The molecule has 1 aromatic heterocycles. The first-order valence-electron chi connectivity index (χ1n) is 9.96. The number of ketones is 1. The molecule has 1 aliphatic heterocycles. The number of carboxylic acids is 1. The number of likely N-dealkylation sites (N-methyl/N-ethyl adjacent to an activating group) is 1. The van der Waals surface area contributed by atoms with Crippen LogP contribution in [-0.4, -0.2) is 58.3 Å². The second-order valence-electron chi connectivity index (χ2n) is 7.89. The predicted molar refractivity (Wildman–Crippen MR) is 121 cm³/mol. The van der Waals surface area contributed by atoms with Crippen molar-refractivity contribution in [2.45, 2.75) is 38.1 Å². The molecular formula is C20H23BN4O7S. The van der Waals surface area contributed by atoms with Crippen LogP contribution in [0, 0.1) is 0 Å². The Bertz CT molecular complexity index is 1120. The number of nitrogen functional groups attached to an aromatic ring is 1. The summed E-state index contributed by atoms with van der Waals surface area (Å²) < 4.78 is 5.45. The number of nitrogens with zero attached hydrogens (tertiary/aromatic N) is 2. The third kappa shape index (κ3) is 5.31. The van der Waals surface area contributed by atoms with Crippen molar-refractivity contribution < 1.29 is 34.0 Å². The number of aromatic carboxylic acids is 1. The van der Waals surface area contributed by atoms with Crippen molar-refractivity contribution in [2.75, 3.05) is 12.8 Å². The fraction of sp³-hybridized carbons (Fsp3) is 0.350. The number of benzene rings is 1. The first kappa shape index (κ1) is 24.2. The van der Waals surface area contributed by atoms with Gasteiger partial charge in [-0.05, 0) is 31.9 Å². The van der Waals surface area contributed by atoms with Gasteiger partial charge in [0.05, 0.1) is 5.56 Å². The van der Waals surface area contributed by atoms with Gasteiger partial charge < -0.3 is 30.7 Å². The van der Waals surface area contributed by atoms with Crippen molar-refractivity contribution in [1.82, 2.24) is 10.3 Å². The highest BCUT2D eigenvalue weighted by molar-refractivity contribution is 7.13. The van der Waals surface area contributed by atoms with Crippen LogP contribution in [0.4, 0.5) is 5.13 Å². The number of carbonyl (C=O) groups excluding carboxylic acids is 2. The van der Waals surface area contributed by atoms with Gasteiger partial charge in [-0.2, -0.15) is 0 Å². The molecule has 0 spiro atoms. The van der Waals surface area contributed by atoms with Gasteiger partial charge in [0.15, 0.2) is 16.6 Å². The lowest BCUT2D eigenvalue weighted by Crippen LogP contribution is -2.42. The van der Waals surface area contributed by atoms with Crippen LogP contribution in [0.2, 0.25) is 5.82 Å². The number of fused-ring (bicyclic) bond motifs is 1. The fourth-order valence-corrected chi connectivity index (χ4v) is 3.85. The molecule has 0 aliphatic carbocycles. The first-order valence-corrected chi connectivity index (χ1v) is 10.8. The van der Waals surface area contributed by atoms with Gasteiger partial charge in [0.1, 0.15) is 11.4 Å². The number of anilines is 1. The largest absolute Gasteiger partial charge is 0.535 e. The minimum atomic E-state index is -1.41. The summed E-state index contributed by atoms with van der Waals surface area (Å²) in [7, 11) is 0.0366. The molecule has 13 heteroatoms. The van der Waals surface area contributed by atoms with Crippen molar-refractivity contribution in [3.05, 3.63) is 40.4 Å². The minimum Gasteiger partial charge on any atom is -0.535 e. The van der Waals surface area contributed by atoms with Crippen LogP contribution in [0.3, 0.4) is 0 Å². The van der Waals surface area contributed by atoms with Crippen molar-refractivity contribution in [3.63, 3.8) is 0 Å². The van der Waals surface area contributed by atoms with E-state index in [1.165, 1.54) is 32.3 Å². The van der Waals surface area contributed by atoms with E-state index in [1.807, 2.05) is 0 Å². The number of rotatable bonds is 8. The maximum Gasteiger partial charge on any atom is 0.526 e. The van der Waals surface area contributed by atoms with Crippen LogP contribution in [0.25, 0.3) is 0 Å². The average Bonchev–Trinajstić information content (AvgIpc) is 3.18. The lowest BCUT2D eigenvalue weighted by Gasteiger charge is -2.28. The van der Waals surface area contributed by atoms with E-state index < -0.39 is 36.2 Å². The van der Waals surface area contributed by atoms with Crippen molar-refractivity contribution in [2.24, 2.45) is 5.16 Å². The van der Waals surface area contributed by atoms with Gasteiger partial charge in [-0.15, -0.1) is 11.3 Å². The molecule has 33 heavy (non-hydrogen) atoms. The van der Waals surface area contributed by atoms with Crippen LogP contribution in [0.5, 0.6) is 5.75 Å². The molecule has 0 saturated heterocycles. The molecular weight excluding hydrogens is 451 g/mol. The summed E-state index contributed by atoms with van der Waals surface area (Å²) in [5.74, 6) is -2.74. The summed E-state index contributed by atoms with van der Waals surface area (Å²) >= 11 is 1.10. The Hall–Kier alpha value is -3.45. The Labute approximate surface area is 193 Å². The number of oxime groups is 1. The number of thiazole rings is 1. The molecule has 5 N–H and O–H groups in total. The zero-order valence-electron chi connectivity index (χ0n) is 18.2. The number of carbonyl (C=O) groups is 3. The van der Waals surface area contributed by atoms with Gasteiger partial charge >= 0.3 is 13.1 Å². The maximum atomic E-state index is 13.2. The van der Waals surface area contributed by atoms with Crippen molar-refractivity contribution >= 4 is 47.0 Å². The fourth-order valence-electron chi connectivity index (χ4n) is 3.30. The lowest BCUT2D eigenvalue weighted by atomic mass is 9.64. The molecule has 0 radical (unpaired) electrons. The van der Waals surface area contributed by atoms with Gasteiger partial charge in [0, 0.05) is 24.7 Å². The molecule has 1 atom stereocenters. The third-order valence-electron chi connectivity index (χ3n) is 5.07. The molecule has 1 amide bonds. The maximum absolute atomic E-state index is 13.2. The summed E-state index contributed by atoms with van der Waals surface area (Å²) in [4.78, 5) is 46.0. The zero-order chi connectivity index (χ0) is 24.3. The quantitative estimate of drug-likeness (QED) is 0.248. The number of aromatic nitrogens is 1. The first-order chi connectivity index (χ1) is 15.5. The minimum absolute atomic E-state index is 0.0682. The molecule has 1 aromatic carbocycles. The number of hydrogen-bond acceptors (Lipinski definition) is 10. The molecule has 2 heterocycles. The van der Waals surface area contributed by atoms with Gasteiger partial charge in [-0.25, -0.2) is 9.78 Å². The molecule has 0 bridgehead atoms. The second kappa shape index (κ2) is 9.59. The Morgan fingerprint density at radius 2 is 2.15 bits per heavy atom. The third-order valence-corrected chi connectivity index (χ3v) is 5.74. The molecule has 0 unspecified atom stereocenters. The predicted octanol–water partition coefficient (Wildman–Crippen LogP) is 1.11. The molecule has 174 valence electrons. The summed E-state index contributed by atoms with van der Waals surface area (Å²) in [5.41, 5.74) is 4.85. The number of para-hydroxylation sites is 1. The zero-order valence-corrected chi connectivity index (χ0v) is 19.0. The average molecular weight is 474 g/mol. The Morgan fingerprint density at radius 3 is 2.76 bits per heavy atom. The number of nitrogens with two attached hydrogens (primary N) is 1. The molecule has 0 fully saturated rings. The molecule has 11 nitrogen and oxygen atoms in total. The standard InChI is InChI=1S/C20H23BN4O7S/c1-20(2,18(29)23-3)32-25-15(13-9-33-19(22)24-13)14(26)8-11-7-10-5-4-6-12(17(27)28)16(10)31-21(11)30/h4-6,9,11,30H,7-8H2,1-3H3,(H2,22,24)(H,23,29)(H,27,28)/b25-15-/t11-/m1/s1. The van der Waals surface area contributed by atoms with Crippen molar-refractivity contribution in [1.29, 1.82) is 0 Å². The van der Waals surface area contributed by atoms with Crippen LogP contribution >= 0.6 is 11.3 Å². The van der Waals surface area contributed by atoms with Crippen LogP contribution in [0.1, 0.15) is 41.9 Å². The Balaban J connectivity index is 1.85. The number of Topliss-reactive ketones (excluding diaryl/α,β-unsaturated/α-hetero) is 1. The van der Waals surface area contributed by atoms with Crippen LogP contribution < -0.4 is 15.7 Å². The van der Waals surface area contributed by atoms with E-state index in [2.05, 4.69) is 15.5 Å². The highest BCUT2D eigenvalue weighted by atomic mass is 32.1. The van der Waals surface area contributed by atoms with Crippen LogP contribution in [0.15, 0.2) is 28.7 Å². The van der Waals surface area contributed by atoms with E-state index in [0.717, 1.165) is 11.3 Å². The normalized spacial score (nSPS) is 15.9. The van der Waals surface area contributed by atoms with Gasteiger partial charge in [0.2, 0.25) is 5.60 Å². The molecule has 1 aliphatic rings. The summed E-state index contributed by atoms with van der Waals surface area (Å²) in [6.45, 7) is 2.98. The molecule has 2 aromatic rings. The van der Waals surface area contributed by atoms with E-state index in [4.69, 9.17) is 15.2 Å². The SMILES string of the molecule is CNC(=O)C(C)(C)O/N=C(\C(=O)C[C@H]1Cc2cccc(C(=O)O)c2OB1O)c1csc(N)n1. The van der Waals surface area contributed by atoms with E-state index in [9.17, 15) is 24.5 Å². The topological polar surface area (TPSA) is 173 Å². The smallest absolute Gasteiger partial charge is 0.526 e. The lowest BCUT2D eigenvalue weighted by molar-refractivity contribution is -0.142. The summed E-state index contributed by atoms with van der Waals surface area (Å²) in [5, 5.41) is 27.9. The number of nitrogens with one attached hydrogen (secondary N) is 1. The Kier molecular flexibility index (Phi) is 7.03. The van der Waals surface area contributed by atoms with Crippen LogP contribution in [-0.2, 0) is 20.8 Å². The van der Waals surface area contributed by atoms with E-state index in [-0.39, 0.29) is 40.7 Å². The number of amides is 1. The highest BCUT2D eigenvalue weighted by Crippen LogP contribution is 2.36. The van der Waals surface area contributed by atoms with E-state index in [1.54, 1.807) is 12.1 Å². The molecule has 3 rings (SSSR count). The Morgan fingerprint density at radius 1 is 1.42 bits per heavy atom. The second-order valence-corrected chi connectivity index (χ2v) is 8.78. The van der Waals surface area contributed by atoms with E-state index >= 15 is 0 Å².